The van der Waals surface area contributed by atoms with E-state index in [0.717, 1.165) is 37.4 Å². The summed E-state index contributed by atoms with van der Waals surface area (Å²) in [5.41, 5.74) is 2.94. The van der Waals surface area contributed by atoms with Crippen molar-refractivity contribution in [1.82, 2.24) is 10.6 Å². The molecule has 0 radical (unpaired) electrons. The Morgan fingerprint density at radius 1 is 1.15 bits per heavy atom. The molecular formula is C18H30N2. The molecule has 1 unspecified atom stereocenters. The van der Waals surface area contributed by atoms with Gasteiger partial charge in [-0.3, -0.25) is 0 Å². The Bertz CT molecular complexity index is 404. The number of rotatable bonds is 5. The molecule has 2 N–H and O–H groups in total. The second-order valence-electron chi connectivity index (χ2n) is 6.78. The molecule has 0 amide bonds. The lowest BCUT2D eigenvalue weighted by molar-refractivity contribution is 0.263. The van der Waals surface area contributed by atoms with Gasteiger partial charge in [0.15, 0.2) is 0 Å². The second kappa shape index (κ2) is 7.24. The van der Waals surface area contributed by atoms with E-state index in [1.165, 1.54) is 17.5 Å². The van der Waals surface area contributed by atoms with Crippen molar-refractivity contribution in [2.75, 3.05) is 13.1 Å². The minimum absolute atomic E-state index is 0.501. The Hall–Kier alpha value is -0.860. The summed E-state index contributed by atoms with van der Waals surface area (Å²) >= 11 is 0. The summed E-state index contributed by atoms with van der Waals surface area (Å²) in [7, 11) is 0. The number of benzene rings is 1. The third-order valence-electron chi connectivity index (χ3n) is 4.67. The van der Waals surface area contributed by atoms with E-state index in [2.05, 4.69) is 62.6 Å². The molecule has 0 spiro atoms. The first-order valence-corrected chi connectivity index (χ1v) is 8.11. The standard InChI is InChI=1S/C18H30N2/c1-13(2)17(14(3)4)12-20-18-9-10-19-11-15-7-5-6-8-16(15)18/h5-8,13-14,17-20H,9-12H2,1-4H3. The van der Waals surface area contributed by atoms with Crippen LogP contribution in [0.4, 0.5) is 0 Å². The van der Waals surface area contributed by atoms with Crippen molar-refractivity contribution in [2.24, 2.45) is 17.8 Å². The van der Waals surface area contributed by atoms with Crippen molar-refractivity contribution in [2.45, 2.75) is 46.7 Å². The average molecular weight is 274 g/mol. The van der Waals surface area contributed by atoms with Gasteiger partial charge in [0.05, 0.1) is 0 Å². The predicted octanol–water partition coefficient (Wildman–Crippen LogP) is 3.74. The number of hydrogen-bond acceptors (Lipinski definition) is 2. The van der Waals surface area contributed by atoms with Crippen molar-refractivity contribution in [1.29, 1.82) is 0 Å². The quantitative estimate of drug-likeness (QED) is 0.854. The highest BCUT2D eigenvalue weighted by Gasteiger charge is 2.22. The van der Waals surface area contributed by atoms with Gasteiger partial charge in [0, 0.05) is 12.6 Å². The zero-order valence-electron chi connectivity index (χ0n) is 13.4. The molecule has 2 rings (SSSR count). The smallest absolute Gasteiger partial charge is 0.0335 e. The fraction of sp³-hybridized carbons (Fsp3) is 0.667. The van der Waals surface area contributed by atoms with E-state index < -0.39 is 0 Å². The third kappa shape index (κ3) is 3.83. The van der Waals surface area contributed by atoms with Crippen LogP contribution in [0.1, 0.15) is 51.3 Å². The summed E-state index contributed by atoms with van der Waals surface area (Å²) in [5, 5.41) is 7.37. The van der Waals surface area contributed by atoms with Gasteiger partial charge in [-0.15, -0.1) is 0 Å². The normalized spacial score (nSPS) is 19.4. The lowest BCUT2D eigenvalue weighted by atomic mass is 9.85. The van der Waals surface area contributed by atoms with E-state index >= 15 is 0 Å². The Morgan fingerprint density at radius 2 is 1.85 bits per heavy atom. The first-order valence-electron chi connectivity index (χ1n) is 8.11. The van der Waals surface area contributed by atoms with Crippen molar-refractivity contribution in [3.8, 4) is 0 Å². The SMILES string of the molecule is CC(C)C(CNC1CCNCc2ccccc21)C(C)C. The maximum absolute atomic E-state index is 3.84. The maximum atomic E-state index is 3.84. The zero-order chi connectivity index (χ0) is 14.5. The van der Waals surface area contributed by atoms with E-state index in [1.807, 2.05) is 0 Å². The largest absolute Gasteiger partial charge is 0.313 e. The average Bonchev–Trinajstić information content (AvgIpc) is 2.61. The zero-order valence-corrected chi connectivity index (χ0v) is 13.4. The van der Waals surface area contributed by atoms with Gasteiger partial charge in [-0.2, -0.15) is 0 Å². The van der Waals surface area contributed by atoms with Gasteiger partial charge in [0.2, 0.25) is 0 Å². The fourth-order valence-corrected chi connectivity index (χ4v) is 3.39. The molecule has 1 aromatic rings. The van der Waals surface area contributed by atoms with Gasteiger partial charge in [-0.1, -0.05) is 52.0 Å². The lowest BCUT2D eigenvalue weighted by Crippen LogP contribution is -2.33. The third-order valence-corrected chi connectivity index (χ3v) is 4.67. The van der Waals surface area contributed by atoms with Gasteiger partial charge in [-0.05, 0) is 48.4 Å². The molecule has 0 aromatic heterocycles. The van der Waals surface area contributed by atoms with Gasteiger partial charge in [0.1, 0.15) is 0 Å². The van der Waals surface area contributed by atoms with Crippen LogP contribution in [-0.2, 0) is 6.54 Å². The highest BCUT2D eigenvalue weighted by Crippen LogP contribution is 2.25. The Labute approximate surface area is 124 Å². The van der Waals surface area contributed by atoms with E-state index in [9.17, 15) is 0 Å². The summed E-state index contributed by atoms with van der Waals surface area (Å²) < 4.78 is 0. The molecule has 0 saturated heterocycles. The van der Waals surface area contributed by atoms with Crippen LogP contribution in [0, 0.1) is 17.8 Å². The first kappa shape index (κ1) is 15.5. The maximum Gasteiger partial charge on any atom is 0.0335 e. The molecule has 2 heteroatoms. The van der Waals surface area contributed by atoms with Gasteiger partial charge < -0.3 is 10.6 Å². The second-order valence-corrected chi connectivity index (χ2v) is 6.78. The minimum atomic E-state index is 0.501. The monoisotopic (exact) mass is 274 g/mol. The van der Waals surface area contributed by atoms with Gasteiger partial charge in [-0.25, -0.2) is 0 Å². The molecule has 2 nitrogen and oxygen atoms in total. The van der Waals surface area contributed by atoms with Crippen LogP contribution in [-0.4, -0.2) is 13.1 Å². The molecule has 112 valence electrons. The van der Waals surface area contributed by atoms with Crippen LogP contribution in [0.2, 0.25) is 0 Å². The minimum Gasteiger partial charge on any atom is -0.313 e. The molecule has 1 aliphatic heterocycles. The molecule has 0 saturated carbocycles. The Kier molecular flexibility index (Phi) is 5.62. The molecule has 0 bridgehead atoms. The molecule has 1 heterocycles. The van der Waals surface area contributed by atoms with Crippen molar-refractivity contribution in [3.05, 3.63) is 35.4 Å². The van der Waals surface area contributed by atoms with Crippen LogP contribution < -0.4 is 10.6 Å². The topological polar surface area (TPSA) is 24.1 Å². The van der Waals surface area contributed by atoms with Crippen molar-refractivity contribution >= 4 is 0 Å². The molecule has 0 fully saturated rings. The molecular weight excluding hydrogens is 244 g/mol. The van der Waals surface area contributed by atoms with E-state index in [4.69, 9.17) is 0 Å². The van der Waals surface area contributed by atoms with Crippen molar-refractivity contribution in [3.63, 3.8) is 0 Å². The first-order chi connectivity index (χ1) is 9.59. The summed E-state index contributed by atoms with van der Waals surface area (Å²) in [5.74, 6) is 2.22. The van der Waals surface area contributed by atoms with Crippen LogP contribution in [0.3, 0.4) is 0 Å². The molecule has 1 aromatic carbocycles. The molecule has 1 aliphatic rings. The number of nitrogens with one attached hydrogen (secondary N) is 2. The highest BCUT2D eigenvalue weighted by atomic mass is 14.9. The number of hydrogen-bond donors (Lipinski definition) is 2. The summed E-state index contributed by atoms with van der Waals surface area (Å²) in [6.07, 6.45) is 1.18. The van der Waals surface area contributed by atoms with Crippen LogP contribution in [0.15, 0.2) is 24.3 Å². The Morgan fingerprint density at radius 3 is 2.55 bits per heavy atom. The van der Waals surface area contributed by atoms with E-state index in [-0.39, 0.29) is 0 Å². The van der Waals surface area contributed by atoms with Crippen LogP contribution in [0.25, 0.3) is 0 Å². The van der Waals surface area contributed by atoms with Gasteiger partial charge >= 0.3 is 0 Å². The molecule has 1 atom stereocenters. The molecule has 0 aliphatic carbocycles. The summed E-state index contributed by atoms with van der Waals surface area (Å²) in [6, 6.07) is 9.36. The highest BCUT2D eigenvalue weighted by molar-refractivity contribution is 5.31. The summed E-state index contributed by atoms with van der Waals surface area (Å²) in [6.45, 7) is 12.6. The van der Waals surface area contributed by atoms with Crippen LogP contribution >= 0.6 is 0 Å². The van der Waals surface area contributed by atoms with E-state index in [1.54, 1.807) is 0 Å². The van der Waals surface area contributed by atoms with Gasteiger partial charge in [0.25, 0.3) is 0 Å². The Balaban J connectivity index is 2.05. The number of fused-ring (bicyclic) bond motifs is 1. The van der Waals surface area contributed by atoms with Crippen molar-refractivity contribution < 1.29 is 0 Å². The fourth-order valence-electron chi connectivity index (χ4n) is 3.39. The lowest BCUT2D eigenvalue weighted by Gasteiger charge is -2.28. The van der Waals surface area contributed by atoms with Crippen LogP contribution in [0.5, 0.6) is 0 Å². The predicted molar refractivity (Wildman–Crippen MR) is 86.7 cm³/mol. The molecule has 20 heavy (non-hydrogen) atoms. The summed E-state index contributed by atoms with van der Waals surface area (Å²) in [4.78, 5) is 0. The van der Waals surface area contributed by atoms with E-state index in [0.29, 0.717) is 6.04 Å².